The molecule has 2 atom stereocenters. The van der Waals surface area contributed by atoms with Gasteiger partial charge in [0.25, 0.3) is 0 Å². The number of carbonyl (C=O) groups is 1. The second-order valence-electron chi connectivity index (χ2n) is 6.18. The Labute approximate surface area is 139 Å². The smallest absolute Gasteiger partial charge is 0.239 e. The van der Waals surface area contributed by atoms with Crippen LogP contribution in [0.2, 0.25) is 0 Å². The van der Waals surface area contributed by atoms with Gasteiger partial charge in [-0.25, -0.2) is 0 Å². The number of likely N-dealkylation sites (N-methyl/N-ethyl adjacent to an activating group) is 1. The molecule has 0 aliphatic heterocycles. The van der Waals surface area contributed by atoms with Gasteiger partial charge in [-0.3, -0.25) is 9.18 Å². The summed E-state index contributed by atoms with van der Waals surface area (Å²) in [4.78, 5) is 13.9. The van der Waals surface area contributed by atoms with Gasteiger partial charge in [0.05, 0.1) is 12.7 Å². The molecule has 4 nitrogen and oxygen atoms in total. The Hall–Kier alpha value is -1.46. The third kappa shape index (κ3) is 5.92. The standard InChI is InChI=1S/C18H30FN3O/c1-5-21-17(10-11-19)15-8-6-14(7-9-15)12-16(20)18(23)22(4)13(2)3/h6-9,13,16-17,21H,5,10-12,20H2,1-4H3. The van der Waals surface area contributed by atoms with Gasteiger partial charge in [0.2, 0.25) is 5.91 Å². The molecule has 0 radical (unpaired) electrons. The lowest BCUT2D eigenvalue weighted by Crippen LogP contribution is -2.45. The monoisotopic (exact) mass is 323 g/mol. The maximum atomic E-state index is 12.6. The van der Waals surface area contributed by atoms with Crippen LogP contribution in [0.4, 0.5) is 4.39 Å². The number of halogens is 1. The maximum absolute atomic E-state index is 12.6. The van der Waals surface area contributed by atoms with Crippen molar-refractivity contribution in [2.75, 3.05) is 20.3 Å². The molecule has 0 aliphatic rings. The lowest BCUT2D eigenvalue weighted by molar-refractivity contribution is -0.132. The fraction of sp³-hybridized carbons (Fsp3) is 0.611. The maximum Gasteiger partial charge on any atom is 0.239 e. The first kappa shape index (κ1) is 19.6. The van der Waals surface area contributed by atoms with Crippen molar-refractivity contribution < 1.29 is 9.18 Å². The van der Waals surface area contributed by atoms with Crippen LogP contribution in [0.5, 0.6) is 0 Å². The largest absolute Gasteiger partial charge is 0.342 e. The first-order valence-electron chi connectivity index (χ1n) is 8.31. The van der Waals surface area contributed by atoms with Gasteiger partial charge < -0.3 is 16.0 Å². The van der Waals surface area contributed by atoms with E-state index in [9.17, 15) is 9.18 Å². The number of nitrogens with zero attached hydrogens (tertiary/aromatic N) is 1. The summed E-state index contributed by atoms with van der Waals surface area (Å²) in [5, 5.41) is 3.28. The third-order valence-corrected chi connectivity index (χ3v) is 4.13. The minimum Gasteiger partial charge on any atom is -0.342 e. The molecule has 130 valence electrons. The van der Waals surface area contributed by atoms with Crippen LogP contribution in [0.15, 0.2) is 24.3 Å². The van der Waals surface area contributed by atoms with Crippen LogP contribution < -0.4 is 11.1 Å². The molecule has 0 bridgehead atoms. The molecule has 23 heavy (non-hydrogen) atoms. The second kappa shape index (κ2) is 9.63. The predicted octanol–water partition coefficient (Wildman–Crippen LogP) is 2.43. The minimum absolute atomic E-state index is 0.0291. The van der Waals surface area contributed by atoms with E-state index in [2.05, 4.69) is 5.32 Å². The van der Waals surface area contributed by atoms with E-state index in [0.29, 0.717) is 12.8 Å². The van der Waals surface area contributed by atoms with Crippen LogP contribution >= 0.6 is 0 Å². The number of benzene rings is 1. The summed E-state index contributed by atoms with van der Waals surface area (Å²) < 4.78 is 12.6. The Morgan fingerprint density at radius 3 is 2.39 bits per heavy atom. The van der Waals surface area contributed by atoms with E-state index in [4.69, 9.17) is 5.73 Å². The van der Waals surface area contributed by atoms with Crippen molar-refractivity contribution >= 4 is 5.91 Å². The molecule has 1 aromatic rings. The molecule has 1 rings (SSSR count). The van der Waals surface area contributed by atoms with Gasteiger partial charge in [0.1, 0.15) is 0 Å². The van der Waals surface area contributed by atoms with Gasteiger partial charge in [-0.15, -0.1) is 0 Å². The summed E-state index contributed by atoms with van der Waals surface area (Å²) in [5.41, 5.74) is 8.11. The summed E-state index contributed by atoms with van der Waals surface area (Å²) in [6, 6.07) is 7.55. The Morgan fingerprint density at radius 1 is 1.30 bits per heavy atom. The number of rotatable bonds is 9. The SMILES string of the molecule is CCNC(CCF)c1ccc(CC(N)C(=O)N(C)C(C)C)cc1. The van der Waals surface area contributed by atoms with Crippen LogP contribution in [0.1, 0.15) is 44.4 Å². The summed E-state index contributed by atoms with van der Waals surface area (Å²) in [6.07, 6.45) is 0.968. The van der Waals surface area contributed by atoms with Crippen LogP contribution in [0.3, 0.4) is 0 Å². The molecule has 0 saturated heterocycles. The fourth-order valence-corrected chi connectivity index (χ4v) is 2.49. The molecule has 0 aliphatic carbocycles. The molecule has 0 aromatic heterocycles. The van der Waals surface area contributed by atoms with E-state index in [1.165, 1.54) is 0 Å². The minimum atomic E-state index is -0.538. The molecule has 0 heterocycles. The summed E-state index contributed by atoms with van der Waals surface area (Å²) in [6.45, 7) is 6.39. The fourth-order valence-electron chi connectivity index (χ4n) is 2.49. The van der Waals surface area contributed by atoms with Gasteiger partial charge in [-0.2, -0.15) is 0 Å². The topological polar surface area (TPSA) is 58.4 Å². The number of nitrogens with two attached hydrogens (primary N) is 1. The molecule has 1 aromatic carbocycles. The van der Waals surface area contributed by atoms with Crippen molar-refractivity contribution in [1.82, 2.24) is 10.2 Å². The quantitative estimate of drug-likeness (QED) is 0.734. The number of hydrogen-bond donors (Lipinski definition) is 2. The van der Waals surface area contributed by atoms with E-state index in [1.807, 2.05) is 45.0 Å². The van der Waals surface area contributed by atoms with Gasteiger partial charge in [-0.05, 0) is 44.4 Å². The van der Waals surface area contributed by atoms with Gasteiger partial charge >= 0.3 is 0 Å². The molecule has 0 spiro atoms. The number of alkyl halides is 1. The highest BCUT2D eigenvalue weighted by Gasteiger charge is 2.20. The molecule has 3 N–H and O–H groups in total. The van der Waals surface area contributed by atoms with Crippen molar-refractivity contribution in [2.45, 2.75) is 51.7 Å². The van der Waals surface area contributed by atoms with Crippen molar-refractivity contribution in [3.8, 4) is 0 Å². The lowest BCUT2D eigenvalue weighted by atomic mass is 9.99. The summed E-state index contributed by atoms with van der Waals surface area (Å²) in [5.74, 6) is -0.0490. The average Bonchev–Trinajstić information content (AvgIpc) is 2.53. The van der Waals surface area contributed by atoms with E-state index in [0.717, 1.165) is 17.7 Å². The molecule has 2 unspecified atom stereocenters. The number of nitrogens with one attached hydrogen (secondary N) is 1. The van der Waals surface area contributed by atoms with E-state index in [-0.39, 0.29) is 24.7 Å². The molecular weight excluding hydrogens is 293 g/mol. The highest BCUT2D eigenvalue weighted by Crippen LogP contribution is 2.18. The summed E-state index contributed by atoms with van der Waals surface area (Å²) >= 11 is 0. The molecule has 1 amide bonds. The van der Waals surface area contributed by atoms with Crippen LogP contribution in [0.25, 0.3) is 0 Å². The zero-order valence-electron chi connectivity index (χ0n) is 14.7. The number of hydrogen-bond acceptors (Lipinski definition) is 3. The van der Waals surface area contributed by atoms with Gasteiger partial charge in [0, 0.05) is 19.1 Å². The average molecular weight is 323 g/mol. The Kier molecular flexibility index (Phi) is 8.20. The molecule has 5 heteroatoms. The summed E-state index contributed by atoms with van der Waals surface area (Å²) in [7, 11) is 1.77. The Balaban J connectivity index is 2.71. The van der Waals surface area contributed by atoms with Crippen molar-refractivity contribution in [2.24, 2.45) is 5.73 Å². The normalized spacial score (nSPS) is 13.9. The zero-order chi connectivity index (χ0) is 17.4. The first-order chi connectivity index (χ1) is 10.9. The van der Waals surface area contributed by atoms with Crippen LogP contribution in [-0.4, -0.2) is 43.2 Å². The Morgan fingerprint density at radius 2 is 1.91 bits per heavy atom. The molecule has 0 fully saturated rings. The zero-order valence-corrected chi connectivity index (χ0v) is 14.7. The van der Waals surface area contributed by atoms with Gasteiger partial charge in [-0.1, -0.05) is 31.2 Å². The number of amides is 1. The van der Waals surface area contributed by atoms with E-state index in [1.54, 1.807) is 11.9 Å². The van der Waals surface area contributed by atoms with Crippen molar-refractivity contribution in [3.05, 3.63) is 35.4 Å². The highest BCUT2D eigenvalue weighted by atomic mass is 19.1. The predicted molar refractivity (Wildman–Crippen MR) is 93.0 cm³/mol. The van der Waals surface area contributed by atoms with Gasteiger partial charge in [0.15, 0.2) is 0 Å². The lowest BCUT2D eigenvalue weighted by Gasteiger charge is -2.25. The highest BCUT2D eigenvalue weighted by molar-refractivity contribution is 5.82. The van der Waals surface area contributed by atoms with E-state index >= 15 is 0 Å². The van der Waals surface area contributed by atoms with Crippen molar-refractivity contribution in [3.63, 3.8) is 0 Å². The Bertz CT molecular complexity index is 470. The van der Waals surface area contributed by atoms with Crippen LogP contribution in [0, 0.1) is 0 Å². The first-order valence-corrected chi connectivity index (χ1v) is 8.31. The third-order valence-electron chi connectivity index (χ3n) is 4.13. The second-order valence-corrected chi connectivity index (χ2v) is 6.18. The molecule has 0 saturated carbocycles. The van der Waals surface area contributed by atoms with E-state index < -0.39 is 6.04 Å². The van der Waals surface area contributed by atoms with Crippen molar-refractivity contribution in [1.29, 1.82) is 0 Å². The number of carbonyl (C=O) groups excluding carboxylic acids is 1. The van der Waals surface area contributed by atoms with Crippen LogP contribution in [-0.2, 0) is 11.2 Å². The molecular formula is C18H30FN3O.